The van der Waals surface area contributed by atoms with Gasteiger partial charge in [0.2, 0.25) is 0 Å². The molecule has 0 heterocycles. The maximum absolute atomic E-state index is 2.38. The van der Waals surface area contributed by atoms with Gasteiger partial charge < -0.3 is 4.90 Å². The summed E-state index contributed by atoms with van der Waals surface area (Å²) in [5.41, 5.74) is 0. The Morgan fingerprint density at radius 1 is 0.875 bits per heavy atom. The first-order valence-corrected chi connectivity index (χ1v) is 3.07. The first-order valence-electron chi connectivity index (χ1n) is 3.07. The fourth-order valence-electron chi connectivity index (χ4n) is 0.671. The van der Waals surface area contributed by atoms with E-state index >= 15 is 0 Å². The number of nitrogens with zero attached hydrogens (tertiary/aromatic N) is 1. The molecule has 0 unspecified atom stereocenters. The molecule has 0 fully saturated rings. The number of hydrogen-bond donors (Lipinski definition) is 0. The van der Waals surface area contributed by atoms with Crippen molar-refractivity contribution in [2.45, 2.75) is 20.8 Å². The fourth-order valence-corrected chi connectivity index (χ4v) is 0.671. The van der Waals surface area contributed by atoms with Crippen molar-refractivity contribution < 1.29 is 0 Å². The van der Waals surface area contributed by atoms with Crippen LogP contribution in [0.5, 0.6) is 0 Å². The Hall–Kier alpha value is 1.22. The molecule has 48 valence electrons. The van der Waals surface area contributed by atoms with E-state index in [0.717, 1.165) is 0 Å². The molecule has 0 N–H and O–H groups in total. The summed E-state index contributed by atoms with van der Waals surface area (Å²) in [6, 6.07) is 0. The molecule has 0 aliphatic carbocycles. The van der Waals surface area contributed by atoms with Crippen LogP contribution in [0.1, 0.15) is 20.8 Å². The summed E-state index contributed by atoms with van der Waals surface area (Å²) in [5, 5.41) is 0. The molecule has 8 heavy (non-hydrogen) atoms. The minimum absolute atomic E-state index is 0. The molecule has 0 aromatic carbocycles. The quantitative estimate of drug-likeness (QED) is 0.518. The third-order valence-electron chi connectivity index (χ3n) is 1.34. The van der Waals surface area contributed by atoms with Crippen molar-refractivity contribution in [2.75, 3.05) is 19.6 Å². The molecule has 0 amide bonds. The van der Waals surface area contributed by atoms with Gasteiger partial charge >= 0.3 is 37.7 Å². The standard InChI is InChI=1S/C6H15N.Ca.2H/c1-4-7(5-2)6-3;;;/h4-6H2,1-3H3;;;. The Kier molecular flexibility index (Phi) is 12.3. The van der Waals surface area contributed by atoms with Gasteiger partial charge in [-0.25, -0.2) is 0 Å². The Labute approximate surface area is 82.4 Å². The number of hydrogen-bond acceptors (Lipinski definition) is 1. The zero-order valence-corrected chi connectivity index (χ0v) is 5.57. The van der Waals surface area contributed by atoms with Crippen LogP contribution in [0.4, 0.5) is 0 Å². The summed E-state index contributed by atoms with van der Waals surface area (Å²) < 4.78 is 0. The van der Waals surface area contributed by atoms with E-state index in [1.165, 1.54) is 19.6 Å². The monoisotopic (exact) mass is 143 g/mol. The molecule has 0 saturated carbocycles. The van der Waals surface area contributed by atoms with E-state index in [1.54, 1.807) is 0 Å². The Balaban J connectivity index is 0. The van der Waals surface area contributed by atoms with Crippen molar-refractivity contribution >= 4 is 37.7 Å². The van der Waals surface area contributed by atoms with Crippen molar-refractivity contribution in [1.82, 2.24) is 4.90 Å². The third-order valence-corrected chi connectivity index (χ3v) is 1.34. The van der Waals surface area contributed by atoms with Gasteiger partial charge in [0.1, 0.15) is 0 Å². The van der Waals surface area contributed by atoms with Crippen molar-refractivity contribution in [1.29, 1.82) is 0 Å². The summed E-state index contributed by atoms with van der Waals surface area (Å²) in [4.78, 5) is 2.38. The van der Waals surface area contributed by atoms with Gasteiger partial charge in [-0.05, 0) is 19.6 Å². The second kappa shape index (κ2) is 8.22. The predicted octanol–water partition coefficient (Wildman–Crippen LogP) is 0.432. The van der Waals surface area contributed by atoms with E-state index in [-0.39, 0.29) is 37.7 Å². The van der Waals surface area contributed by atoms with Crippen LogP contribution in [-0.2, 0) is 0 Å². The van der Waals surface area contributed by atoms with Crippen LogP contribution in [0, 0.1) is 0 Å². The predicted molar refractivity (Wildman–Crippen MR) is 42.0 cm³/mol. The average molecular weight is 143 g/mol. The second-order valence-corrected chi connectivity index (χ2v) is 1.62. The van der Waals surface area contributed by atoms with Gasteiger partial charge in [-0.3, -0.25) is 0 Å². The zero-order chi connectivity index (χ0) is 5.70. The minimum atomic E-state index is 0. The van der Waals surface area contributed by atoms with Crippen LogP contribution in [0.25, 0.3) is 0 Å². The third kappa shape index (κ3) is 5.36. The molecule has 0 radical (unpaired) electrons. The summed E-state index contributed by atoms with van der Waals surface area (Å²) in [6.45, 7) is 10.1. The van der Waals surface area contributed by atoms with Crippen LogP contribution < -0.4 is 0 Å². The molecule has 0 rings (SSSR count). The Morgan fingerprint density at radius 3 is 1.12 bits per heavy atom. The molecule has 1 nitrogen and oxygen atoms in total. The first-order chi connectivity index (χ1) is 3.35. The normalized spacial score (nSPS) is 9.00. The van der Waals surface area contributed by atoms with E-state index in [4.69, 9.17) is 0 Å². The van der Waals surface area contributed by atoms with Crippen LogP contribution in [0.3, 0.4) is 0 Å². The molecule has 2 heteroatoms. The van der Waals surface area contributed by atoms with Crippen molar-refractivity contribution in [3.05, 3.63) is 0 Å². The zero-order valence-electron chi connectivity index (χ0n) is 5.57. The van der Waals surface area contributed by atoms with Gasteiger partial charge in [0.25, 0.3) is 0 Å². The molecule has 0 atom stereocenters. The molecule has 0 aliphatic heterocycles. The summed E-state index contributed by atoms with van der Waals surface area (Å²) in [6.07, 6.45) is 0. The Morgan fingerprint density at radius 2 is 1.12 bits per heavy atom. The molecular weight excluding hydrogens is 126 g/mol. The second-order valence-electron chi connectivity index (χ2n) is 1.62. The van der Waals surface area contributed by atoms with Gasteiger partial charge in [0.05, 0.1) is 0 Å². The average Bonchev–Trinajstić information content (AvgIpc) is 1.72. The van der Waals surface area contributed by atoms with Gasteiger partial charge in [-0.2, -0.15) is 0 Å². The van der Waals surface area contributed by atoms with Crippen LogP contribution >= 0.6 is 0 Å². The first kappa shape index (κ1) is 12.0. The van der Waals surface area contributed by atoms with E-state index in [0.29, 0.717) is 0 Å². The molecule has 0 bridgehead atoms. The van der Waals surface area contributed by atoms with Crippen molar-refractivity contribution in [3.8, 4) is 0 Å². The maximum atomic E-state index is 2.38. The van der Waals surface area contributed by atoms with Crippen molar-refractivity contribution in [3.63, 3.8) is 0 Å². The topological polar surface area (TPSA) is 3.24 Å². The summed E-state index contributed by atoms with van der Waals surface area (Å²) >= 11 is 0. The van der Waals surface area contributed by atoms with E-state index in [2.05, 4.69) is 25.7 Å². The van der Waals surface area contributed by atoms with Crippen LogP contribution in [0.15, 0.2) is 0 Å². The van der Waals surface area contributed by atoms with Crippen LogP contribution in [0.2, 0.25) is 0 Å². The molecule has 0 aromatic heterocycles. The SMILES string of the molecule is CCN(CC)CC.[CaH2]. The molecular formula is C6H17CaN. The summed E-state index contributed by atoms with van der Waals surface area (Å²) in [5.74, 6) is 0. The van der Waals surface area contributed by atoms with Crippen molar-refractivity contribution in [2.24, 2.45) is 0 Å². The van der Waals surface area contributed by atoms with Gasteiger partial charge in [0, 0.05) is 0 Å². The van der Waals surface area contributed by atoms with Crippen LogP contribution in [-0.4, -0.2) is 62.3 Å². The molecule has 0 aliphatic rings. The van der Waals surface area contributed by atoms with E-state index in [9.17, 15) is 0 Å². The molecule has 0 aromatic rings. The summed E-state index contributed by atoms with van der Waals surface area (Å²) in [7, 11) is 0. The van der Waals surface area contributed by atoms with E-state index < -0.39 is 0 Å². The van der Waals surface area contributed by atoms with Gasteiger partial charge in [-0.15, -0.1) is 0 Å². The Bertz CT molecular complexity index is 30.0. The van der Waals surface area contributed by atoms with E-state index in [1.807, 2.05) is 0 Å². The molecule has 0 saturated heterocycles. The molecule has 0 spiro atoms. The van der Waals surface area contributed by atoms with Gasteiger partial charge in [-0.1, -0.05) is 20.8 Å². The van der Waals surface area contributed by atoms with Gasteiger partial charge in [0.15, 0.2) is 0 Å². The fraction of sp³-hybridized carbons (Fsp3) is 1.00. The number of rotatable bonds is 3.